The minimum atomic E-state index is -0.473. The number of nitrogen functional groups attached to an aromatic ring is 1. The number of rotatable bonds is 3. The quantitative estimate of drug-likeness (QED) is 0.614. The molecule has 0 spiro atoms. The van der Waals surface area contributed by atoms with E-state index < -0.39 is 11.4 Å². The van der Waals surface area contributed by atoms with Crippen LogP contribution in [0.3, 0.4) is 0 Å². The zero-order valence-corrected chi connectivity index (χ0v) is 13.9. The van der Waals surface area contributed by atoms with Crippen molar-refractivity contribution in [1.82, 2.24) is 14.5 Å². The minimum absolute atomic E-state index is 0.140. The van der Waals surface area contributed by atoms with Gasteiger partial charge in [0, 0.05) is 0 Å². The lowest BCUT2D eigenvalue weighted by molar-refractivity contribution is 0.345. The molecule has 0 aliphatic rings. The maximum absolute atomic E-state index is 14.4. The lowest BCUT2D eigenvalue weighted by Crippen LogP contribution is -2.05. The molecule has 0 saturated carbocycles. The first-order chi connectivity index (χ1) is 12.6. The Hall–Kier alpha value is -3.48. The van der Waals surface area contributed by atoms with Gasteiger partial charge in [0.2, 0.25) is 0 Å². The van der Waals surface area contributed by atoms with Gasteiger partial charge in [-0.3, -0.25) is 9.36 Å². The van der Waals surface area contributed by atoms with Crippen LogP contribution in [0.25, 0.3) is 27.8 Å². The Bertz CT molecular complexity index is 1200. The number of aromatic nitrogens is 3. The largest absolute Gasteiger partial charge is 0.488 e. The second kappa shape index (κ2) is 6.11. The van der Waals surface area contributed by atoms with Crippen LogP contribution in [0.2, 0.25) is 0 Å². The van der Waals surface area contributed by atoms with Crippen LogP contribution in [0.15, 0.2) is 53.3 Å². The van der Waals surface area contributed by atoms with Crippen molar-refractivity contribution in [2.24, 2.45) is 0 Å². The van der Waals surface area contributed by atoms with Crippen LogP contribution in [0.4, 0.5) is 10.2 Å². The van der Waals surface area contributed by atoms with Gasteiger partial charge in [0.25, 0.3) is 5.56 Å². The smallest absolute Gasteiger partial charge is 0.279 e. The molecule has 0 aliphatic carbocycles. The summed E-state index contributed by atoms with van der Waals surface area (Å²) in [5, 5.41) is 0.366. The van der Waals surface area contributed by atoms with E-state index in [2.05, 4.69) is 9.97 Å². The van der Waals surface area contributed by atoms with Crippen LogP contribution in [0, 0.1) is 5.82 Å². The first kappa shape index (κ1) is 16.0. The van der Waals surface area contributed by atoms with Gasteiger partial charge in [-0.15, -0.1) is 0 Å². The molecule has 0 amide bonds. The predicted octanol–water partition coefficient (Wildman–Crippen LogP) is 3.05. The van der Waals surface area contributed by atoms with E-state index in [4.69, 9.17) is 10.5 Å². The van der Waals surface area contributed by atoms with Crippen molar-refractivity contribution in [1.29, 1.82) is 0 Å². The molecular formula is C19H15FN4O2. The molecular weight excluding hydrogens is 335 g/mol. The van der Waals surface area contributed by atoms with Crippen molar-refractivity contribution in [3.05, 3.63) is 64.7 Å². The number of para-hydroxylation sites is 2. The number of ether oxygens (including phenoxy) is 1. The normalized spacial score (nSPS) is 11.2. The van der Waals surface area contributed by atoms with Crippen molar-refractivity contribution in [3.8, 4) is 11.4 Å². The Balaban J connectivity index is 2.23. The van der Waals surface area contributed by atoms with E-state index in [1.165, 1.54) is 10.6 Å². The van der Waals surface area contributed by atoms with Gasteiger partial charge in [0.05, 0.1) is 23.2 Å². The number of benzene rings is 2. The van der Waals surface area contributed by atoms with E-state index >= 15 is 0 Å². The zero-order chi connectivity index (χ0) is 18.3. The second-order valence-electron chi connectivity index (χ2n) is 5.65. The van der Waals surface area contributed by atoms with Crippen molar-refractivity contribution in [3.63, 3.8) is 0 Å². The topological polar surface area (TPSA) is 83.0 Å². The molecule has 0 fully saturated rings. The van der Waals surface area contributed by atoms with Crippen molar-refractivity contribution < 1.29 is 9.13 Å². The zero-order valence-electron chi connectivity index (χ0n) is 13.9. The fourth-order valence-corrected chi connectivity index (χ4v) is 2.94. The molecule has 0 saturated heterocycles. The molecule has 2 N–H and O–H groups in total. The Kier molecular flexibility index (Phi) is 3.76. The Morgan fingerprint density at radius 1 is 1.12 bits per heavy atom. The van der Waals surface area contributed by atoms with Gasteiger partial charge in [-0.2, -0.15) is 0 Å². The van der Waals surface area contributed by atoms with Crippen LogP contribution in [0.1, 0.15) is 6.92 Å². The highest BCUT2D eigenvalue weighted by Crippen LogP contribution is 2.36. The van der Waals surface area contributed by atoms with Gasteiger partial charge in [-0.05, 0) is 31.2 Å². The van der Waals surface area contributed by atoms with Crippen LogP contribution < -0.4 is 16.0 Å². The molecule has 0 atom stereocenters. The SMILES string of the molecule is CCOc1c(N)n(-c2ccccc2F)c2nc3ccccc3c(=O)nc12. The summed E-state index contributed by atoms with van der Waals surface area (Å²) in [6.07, 6.45) is 0. The lowest BCUT2D eigenvalue weighted by Gasteiger charge is -2.08. The molecule has 6 nitrogen and oxygen atoms in total. The number of halogens is 1. The fraction of sp³-hybridized carbons (Fsp3) is 0.105. The maximum atomic E-state index is 14.4. The summed E-state index contributed by atoms with van der Waals surface area (Å²) in [5.74, 6) is -0.114. The number of anilines is 1. The minimum Gasteiger partial charge on any atom is -0.488 e. The van der Waals surface area contributed by atoms with E-state index in [9.17, 15) is 9.18 Å². The number of hydrogen-bond acceptors (Lipinski definition) is 5. The molecule has 130 valence electrons. The van der Waals surface area contributed by atoms with Crippen LogP contribution in [-0.2, 0) is 0 Å². The first-order valence-corrected chi connectivity index (χ1v) is 8.10. The molecule has 7 heteroatoms. The lowest BCUT2D eigenvalue weighted by atomic mass is 10.2. The molecule has 2 heterocycles. The summed E-state index contributed by atoms with van der Waals surface area (Å²) in [7, 11) is 0. The van der Waals surface area contributed by atoms with E-state index in [0.717, 1.165) is 0 Å². The van der Waals surface area contributed by atoms with Gasteiger partial charge >= 0.3 is 0 Å². The van der Waals surface area contributed by atoms with Crippen molar-refractivity contribution in [2.75, 3.05) is 12.3 Å². The predicted molar refractivity (Wildman–Crippen MR) is 98.2 cm³/mol. The second-order valence-corrected chi connectivity index (χ2v) is 5.65. The molecule has 2 aromatic carbocycles. The third-order valence-electron chi connectivity index (χ3n) is 4.07. The molecule has 26 heavy (non-hydrogen) atoms. The monoisotopic (exact) mass is 350 g/mol. The summed E-state index contributed by atoms with van der Waals surface area (Å²) in [6.45, 7) is 2.10. The van der Waals surface area contributed by atoms with E-state index in [-0.39, 0.29) is 28.4 Å². The van der Waals surface area contributed by atoms with Gasteiger partial charge in [0.15, 0.2) is 22.7 Å². The highest BCUT2D eigenvalue weighted by molar-refractivity contribution is 5.92. The molecule has 0 bridgehead atoms. The average molecular weight is 350 g/mol. The third-order valence-corrected chi connectivity index (χ3v) is 4.07. The molecule has 0 aliphatic heterocycles. The third kappa shape index (κ3) is 2.36. The van der Waals surface area contributed by atoms with Crippen LogP contribution >= 0.6 is 0 Å². The van der Waals surface area contributed by atoms with E-state index in [0.29, 0.717) is 17.5 Å². The standard InChI is InChI=1S/C19H15FN4O2/c1-2-26-16-15-18(22-13-9-5-3-7-11(13)19(25)23-15)24(17(16)21)14-10-6-4-8-12(14)20/h3-10H,2,21H2,1H3. The molecule has 2 aromatic heterocycles. The molecule has 0 unspecified atom stereocenters. The number of nitrogens with zero attached hydrogens (tertiary/aromatic N) is 3. The van der Waals surface area contributed by atoms with Crippen molar-refractivity contribution >= 4 is 27.9 Å². The Morgan fingerprint density at radius 2 is 1.85 bits per heavy atom. The fourth-order valence-electron chi connectivity index (χ4n) is 2.94. The van der Waals surface area contributed by atoms with E-state index in [1.807, 2.05) is 0 Å². The number of fused-ring (bicyclic) bond motifs is 2. The van der Waals surface area contributed by atoms with Gasteiger partial charge in [-0.1, -0.05) is 24.3 Å². The highest BCUT2D eigenvalue weighted by atomic mass is 19.1. The Labute approximate surface area is 147 Å². The highest BCUT2D eigenvalue weighted by Gasteiger charge is 2.22. The Morgan fingerprint density at radius 3 is 2.62 bits per heavy atom. The summed E-state index contributed by atoms with van der Waals surface area (Å²) in [5.41, 5.74) is 6.89. The number of nitrogens with two attached hydrogens (primary N) is 1. The maximum Gasteiger partial charge on any atom is 0.279 e. The first-order valence-electron chi connectivity index (χ1n) is 8.10. The van der Waals surface area contributed by atoms with Crippen LogP contribution in [-0.4, -0.2) is 21.1 Å². The van der Waals surface area contributed by atoms with Crippen LogP contribution in [0.5, 0.6) is 5.75 Å². The summed E-state index contributed by atoms with van der Waals surface area (Å²) < 4.78 is 21.5. The molecule has 4 aromatic rings. The summed E-state index contributed by atoms with van der Waals surface area (Å²) in [6, 6.07) is 13.0. The average Bonchev–Trinajstić information content (AvgIpc) is 2.79. The molecule has 4 rings (SSSR count). The number of hydrogen-bond donors (Lipinski definition) is 1. The van der Waals surface area contributed by atoms with Gasteiger partial charge < -0.3 is 10.5 Å². The van der Waals surface area contributed by atoms with Crippen molar-refractivity contribution in [2.45, 2.75) is 6.92 Å². The molecule has 0 radical (unpaired) electrons. The summed E-state index contributed by atoms with van der Waals surface area (Å²) >= 11 is 0. The van der Waals surface area contributed by atoms with Gasteiger partial charge in [0.1, 0.15) is 5.82 Å². The van der Waals surface area contributed by atoms with E-state index in [1.54, 1.807) is 49.4 Å². The van der Waals surface area contributed by atoms with Gasteiger partial charge in [-0.25, -0.2) is 14.4 Å². The summed E-state index contributed by atoms with van der Waals surface area (Å²) in [4.78, 5) is 21.3.